The van der Waals surface area contributed by atoms with Crippen molar-refractivity contribution in [1.29, 1.82) is 0 Å². The van der Waals surface area contributed by atoms with E-state index in [0.717, 1.165) is 5.56 Å². The lowest BCUT2D eigenvalue weighted by Gasteiger charge is -2.23. The predicted octanol–water partition coefficient (Wildman–Crippen LogP) is 1.59. The number of nitrogens with one attached hydrogen (secondary N) is 1. The Bertz CT molecular complexity index is 774. The first-order chi connectivity index (χ1) is 11.2. The molecular formula is C16H18ClNO5S. The molecule has 24 heavy (non-hydrogen) atoms. The summed E-state index contributed by atoms with van der Waals surface area (Å²) in [4.78, 5) is 23.4. The molecule has 0 radical (unpaired) electrons. The summed E-state index contributed by atoms with van der Waals surface area (Å²) >= 11 is 5.83. The molecule has 1 aromatic carbocycles. The first kappa shape index (κ1) is 18.5. The Hall–Kier alpha value is -1.86. The molecule has 6 nitrogen and oxygen atoms in total. The molecule has 1 aliphatic heterocycles. The third-order valence-electron chi connectivity index (χ3n) is 3.55. The molecule has 1 aliphatic rings. The Morgan fingerprint density at radius 1 is 1.42 bits per heavy atom. The van der Waals surface area contributed by atoms with Crippen molar-refractivity contribution in [1.82, 2.24) is 5.32 Å². The number of hydrogen-bond donors (Lipinski definition) is 1. The monoisotopic (exact) mass is 371 g/mol. The van der Waals surface area contributed by atoms with Crippen molar-refractivity contribution in [2.24, 2.45) is 0 Å². The van der Waals surface area contributed by atoms with Gasteiger partial charge in [0.05, 0.1) is 17.0 Å². The van der Waals surface area contributed by atoms with Crippen LogP contribution in [0.3, 0.4) is 0 Å². The Morgan fingerprint density at radius 2 is 2.17 bits per heavy atom. The van der Waals surface area contributed by atoms with Crippen LogP contribution in [-0.4, -0.2) is 43.9 Å². The number of benzene rings is 1. The van der Waals surface area contributed by atoms with Crippen LogP contribution in [0.1, 0.15) is 18.9 Å². The van der Waals surface area contributed by atoms with E-state index < -0.39 is 33.9 Å². The van der Waals surface area contributed by atoms with E-state index in [4.69, 9.17) is 16.3 Å². The van der Waals surface area contributed by atoms with E-state index in [9.17, 15) is 18.0 Å². The number of sulfone groups is 1. The predicted molar refractivity (Wildman–Crippen MR) is 91.3 cm³/mol. The topological polar surface area (TPSA) is 89.5 Å². The minimum Gasteiger partial charge on any atom is -0.452 e. The van der Waals surface area contributed by atoms with Crippen molar-refractivity contribution >= 4 is 39.4 Å². The van der Waals surface area contributed by atoms with Gasteiger partial charge in [0, 0.05) is 11.1 Å². The van der Waals surface area contributed by atoms with Crippen LogP contribution in [-0.2, 0) is 24.2 Å². The number of carbonyl (C=O) groups is 2. The molecule has 1 saturated heterocycles. The molecule has 0 aliphatic carbocycles. The fraction of sp³-hybridized carbons (Fsp3) is 0.375. The van der Waals surface area contributed by atoms with Gasteiger partial charge in [-0.1, -0.05) is 23.7 Å². The number of rotatable bonds is 5. The lowest BCUT2D eigenvalue weighted by atomic mass is 10.0. The van der Waals surface area contributed by atoms with Gasteiger partial charge in [0.25, 0.3) is 5.91 Å². The van der Waals surface area contributed by atoms with Gasteiger partial charge in [0.15, 0.2) is 16.4 Å². The summed E-state index contributed by atoms with van der Waals surface area (Å²) in [5, 5.41) is 3.16. The molecule has 0 saturated carbocycles. The molecule has 130 valence electrons. The van der Waals surface area contributed by atoms with E-state index in [1.807, 2.05) is 0 Å². The zero-order valence-corrected chi connectivity index (χ0v) is 14.7. The van der Waals surface area contributed by atoms with Crippen molar-refractivity contribution in [3.05, 3.63) is 40.9 Å². The second-order valence-corrected chi connectivity index (χ2v) is 8.57. The molecule has 1 amide bonds. The molecule has 0 unspecified atom stereocenters. The van der Waals surface area contributed by atoms with Crippen LogP contribution in [0.15, 0.2) is 30.3 Å². The van der Waals surface area contributed by atoms with Gasteiger partial charge in [0.2, 0.25) is 0 Å². The first-order valence-corrected chi connectivity index (χ1v) is 9.49. The summed E-state index contributed by atoms with van der Waals surface area (Å²) in [5.74, 6) is -1.26. The maximum absolute atomic E-state index is 11.8. The highest BCUT2D eigenvalue weighted by Gasteiger charge is 2.39. The number of halogens is 1. The van der Waals surface area contributed by atoms with Crippen molar-refractivity contribution in [2.45, 2.75) is 18.9 Å². The van der Waals surface area contributed by atoms with Crippen LogP contribution < -0.4 is 5.32 Å². The van der Waals surface area contributed by atoms with Crippen LogP contribution in [0.5, 0.6) is 0 Å². The number of amides is 1. The molecule has 0 spiro atoms. The van der Waals surface area contributed by atoms with Crippen LogP contribution in [0.4, 0.5) is 0 Å². The maximum atomic E-state index is 11.8. The van der Waals surface area contributed by atoms with Crippen LogP contribution in [0.2, 0.25) is 5.02 Å². The molecule has 1 fully saturated rings. The number of carbonyl (C=O) groups excluding carboxylic acids is 2. The molecule has 1 atom stereocenters. The summed E-state index contributed by atoms with van der Waals surface area (Å²) < 4.78 is 27.8. The normalized spacial score (nSPS) is 22.4. The molecule has 8 heteroatoms. The molecule has 2 rings (SSSR count). The smallest absolute Gasteiger partial charge is 0.331 e. The van der Waals surface area contributed by atoms with Gasteiger partial charge in [-0.3, -0.25) is 4.79 Å². The van der Waals surface area contributed by atoms with Gasteiger partial charge < -0.3 is 10.1 Å². The summed E-state index contributed by atoms with van der Waals surface area (Å²) in [6.07, 6.45) is 3.07. The largest absolute Gasteiger partial charge is 0.452 e. The minimum atomic E-state index is -3.12. The SMILES string of the molecule is C[C@@]1(NC(=O)COC(=O)/C=C/c2cccc(Cl)c2)CCS(=O)(=O)C1. The molecular weight excluding hydrogens is 354 g/mol. The van der Waals surface area contributed by atoms with E-state index in [2.05, 4.69) is 5.32 Å². The molecule has 1 aromatic rings. The van der Waals surface area contributed by atoms with Gasteiger partial charge in [-0.15, -0.1) is 0 Å². The third kappa shape index (κ3) is 5.65. The second kappa shape index (κ2) is 7.36. The lowest BCUT2D eigenvalue weighted by molar-refractivity contribution is -0.144. The maximum Gasteiger partial charge on any atom is 0.331 e. The first-order valence-electron chi connectivity index (χ1n) is 7.29. The lowest BCUT2D eigenvalue weighted by Crippen LogP contribution is -2.48. The van der Waals surface area contributed by atoms with Crippen LogP contribution in [0.25, 0.3) is 6.08 Å². The molecule has 0 aromatic heterocycles. The van der Waals surface area contributed by atoms with Gasteiger partial charge >= 0.3 is 5.97 Å². The number of hydrogen-bond acceptors (Lipinski definition) is 5. The number of esters is 1. The number of ether oxygens (including phenoxy) is 1. The Kier molecular flexibility index (Phi) is 5.66. The van der Waals surface area contributed by atoms with Gasteiger partial charge in [-0.2, -0.15) is 0 Å². The van der Waals surface area contributed by atoms with Crippen LogP contribution in [0, 0.1) is 0 Å². The van der Waals surface area contributed by atoms with Gasteiger partial charge in [0.1, 0.15) is 0 Å². The van der Waals surface area contributed by atoms with Crippen LogP contribution >= 0.6 is 11.6 Å². The molecule has 0 bridgehead atoms. The van der Waals surface area contributed by atoms with E-state index in [1.165, 1.54) is 12.2 Å². The van der Waals surface area contributed by atoms with E-state index in [0.29, 0.717) is 11.4 Å². The van der Waals surface area contributed by atoms with E-state index in [1.54, 1.807) is 31.2 Å². The fourth-order valence-corrected chi connectivity index (χ4v) is 4.73. The second-order valence-electron chi connectivity index (χ2n) is 5.95. The quantitative estimate of drug-likeness (QED) is 0.627. The Labute approximate surface area is 145 Å². The summed E-state index contributed by atoms with van der Waals surface area (Å²) in [6, 6.07) is 6.91. The minimum absolute atomic E-state index is 0.0476. The zero-order valence-electron chi connectivity index (χ0n) is 13.1. The summed E-state index contributed by atoms with van der Waals surface area (Å²) in [5.41, 5.74) is -0.0774. The fourth-order valence-electron chi connectivity index (χ4n) is 2.44. The molecule has 1 N–H and O–H groups in total. The van der Waals surface area contributed by atoms with Crippen molar-refractivity contribution in [2.75, 3.05) is 18.1 Å². The standard InChI is InChI=1S/C16H18ClNO5S/c1-16(7-8-24(21,22)11-16)18-14(19)10-23-15(20)6-5-12-3-2-4-13(17)9-12/h2-6,9H,7-8,10-11H2,1H3,(H,18,19)/b6-5+/t16-/m1/s1. The highest BCUT2D eigenvalue weighted by atomic mass is 35.5. The molecule has 1 heterocycles. The van der Waals surface area contributed by atoms with Crippen molar-refractivity contribution in [3.63, 3.8) is 0 Å². The van der Waals surface area contributed by atoms with Gasteiger partial charge in [-0.05, 0) is 37.1 Å². The average molecular weight is 372 g/mol. The van der Waals surface area contributed by atoms with E-state index >= 15 is 0 Å². The van der Waals surface area contributed by atoms with Gasteiger partial charge in [-0.25, -0.2) is 13.2 Å². The van der Waals surface area contributed by atoms with Crippen molar-refractivity contribution < 1.29 is 22.7 Å². The summed E-state index contributed by atoms with van der Waals surface area (Å²) in [7, 11) is -3.12. The third-order valence-corrected chi connectivity index (χ3v) is 5.69. The van der Waals surface area contributed by atoms with Crippen molar-refractivity contribution in [3.8, 4) is 0 Å². The zero-order chi connectivity index (χ0) is 17.8. The average Bonchev–Trinajstić information content (AvgIpc) is 2.76. The summed E-state index contributed by atoms with van der Waals surface area (Å²) in [6.45, 7) is 1.20. The Morgan fingerprint density at radius 3 is 2.79 bits per heavy atom. The van der Waals surface area contributed by atoms with E-state index in [-0.39, 0.29) is 11.5 Å². The Balaban J connectivity index is 1.80. The highest BCUT2D eigenvalue weighted by Crippen LogP contribution is 2.22. The highest BCUT2D eigenvalue weighted by molar-refractivity contribution is 7.91.